The van der Waals surface area contributed by atoms with Crippen LogP contribution in [0, 0.1) is 0 Å². The van der Waals surface area contributed by atoms with Gasteiger partial charge in [-0.15, -0.1) is 5.06 Å². The van der Waals surface area contributed by atoms with E-state index in [1.54, 1.807) is 36.1 Å². The zero-order valence-corrected chi connectivity index (χ0v) is 26.7. The minimum absolute atomic E-state index is 0.00195. The van der Waals surface area contributed by atoms with Crippen LogP contribution in [0.5, 0.6) is 11.6 Å². The lowest BCUT2D eigenvalue weighted by molar-refractivity contribution is -0.157. The van der Waals surface area contributed by atoms with Gasteiger partial charge in [-0.1, -0.05) is 48.5 Å². The third-order valence-corrected chi connectivity index (χ3v) is 7.92. The number of hydrogen-bond donors (Lipinski definition) is 2. The topological polar surface area (TPSA) is 170 Å². The van der Waals surface area contributed by atoms with Crippen molar-refractivity contribution in [3.63, 3.8) is 0 Å². The van der Waals surface area contributed by atoms with Gasteiger partial charge in [0, 0.05) is 31.1 Å². The molecule has 1 aromatic heterocycles. The molecule has 1 aliphatic heterocycles. The molecular weight excluding hydrogens is 622 g/mol. The van der Waals surface area contributed by atoms with Crippen LogP contribution in [0.4, 0.5) is 4.79 Å². The van der Waals surface area contributed by atoms with E-state index < -0.39 is 30.7 Å². The third kappa shape index (κ3) is 9.41. The number of nitrogens with zero attached hydrogens (tertiary/aromatic N) is 4. The maximum absolute atomic E-state index is 14.0. The molecule has 0 bridgehead atoms. The number of carbonyl (C=O) groups is 4. The van der Waals surface area contributed by atoms with Gasteiger partial charge in [0.1, 0.15) is 23.6 Å². The Morgan fingerprint density at radius 3 is 2.38 bits per heavy atom. The van der Waals surface area contributed by atoms with Crippen molar-refractivity contribution in [2.75, 3.05) is 39.4 Å². The largest absolute Gasteiger partial charge is 0.527 e. The molecule has 1 unspecified atom stereocenters. The lowest BCUT2D eigenvalue weighted by Gasteiger charge is -2.35. The van der Waals surface area contributed by atoms with E-state index in [4.69, 9.17) is 24.2 Å². The first-order valence-corrected chi connectivity index (χ1v) is 16.0. The van der Waals surface area contributed by atoms with Crippen molar-refractivity contribution in [1.82, 2.24) is 25.2 Å². The number of benzene rings is 2. The van der Waals surface area contributed by atoms with Gasteiger partial charge in [0.25, 0.3) is 5.91 Å². The Kier molecular flexibility index (Phi) is 11.8. The smallest absolute Gasteiger partial charge is 0.482 e. The Morgan fingerprint density at radius 1 is 0.958 bits per heavy atom. The number of para-hydroxylation sites is 1. The van der Waals surface area contributed by atoms with Gasteiger partial charge in [0.2, 0.25) is 11.8 Å². The number of piperazine rings is 1. The van der Waals surface area contributed by atoms with E-state index in [0.717, 1.165) is 25.7 Å². The second-order valence-electron chi connectivity index (χ2n) is 11.4. The Bertz CT molecular complexity index is 1570. The van der Waals surface area contributed by atoms with Crippen LogP contribution in [0.2, 0.25) is 0 Å². The van der Waals surface area contributed by atoms with Crippen LogP contribution in [-0.2, 0) is 25.6 Å². The molecule has 1 saturated heterocycles. The first kappa shape index (κ1) is 34.1. The number of nitrogens with one attached hydrogen (secondary N) is 1. The van der Waals surface area contributed by atoms with E-state index in [1.165, 1.54) is 11.1 Å². The standard InChI is InChI=1S/C34H39N5O9/c1-2-45-34(44)48-39-18-16-38(17-19-39)33(43)27(20-24-12-6-9-15-28(24)46-22-30(40)41)36-32(42)26-21-29(47-25-13-7-8-14-25)37-31(35-26)23-10-4-3-5-11-23/h3-6,9-12,15,21,25,27H,2,7-8,13-14,16-20,22H2,1H3,(H,36,42)(H,40,41). The molecule has 0 radical (unpaired) electrons. The van der Waals surface area contributed by atoms with E-state index in [-0.39, 0.29) is 68.5 Å². The number of amides is 2. The molecule has 2 amide bonds. The second kappa shape index (κ2) is 16.5. The van der Waals surface area contributed by atoms with Gasteiger partial charge in [-0.25, -0.2) is 14.6 Å². The average molecular weight is 662 g/mol. The Balaban J connectivity index is 1.40. The van der Waals surface area contributed by atoms with Gasteiger partial charge in [-0.3, -0.25) is 9.59 Å². The maximum atomic E-state index is 14.0. The van der Waals surface area contributed by atoms with Crippen LogP contribution in [0.15, 0.2) is 60.7 Å². The number of aromatic nitrogens is 2. The lowest BCUT2D eigenvalue weighted by atomic mass is 10.0. The van der Waals surface area contributed by atoms with Crippen molar-refractivity contribution in [1.29, 1.82) is 0 Å². The van der Waals surface area contributed by atoms with Crippen LogP contribution in [0.25, 0.3) is 11.4 Å². The first-order valence-electron chi connectivity index (χ1n) is 16.0. The number of aliphatic carboxylic acids is 1. The number of ether oxygens (including phenoxy) is 3. The summed E-state index contributed by atoms with van der Waals surface area (Å²) in [6.45, 7) is 2.17. The van der Waals surface area contributed by atoms with Crippen LogP contribution in [0.3, 0.4) is 0 Å². The molecule has 14 nitrogen and oxygen atoms in total. The summed E-state index contributed by atoms with van der Waals surface area (Å²) in [7, 11) is 0. The summed E-state index contributed by atoms with van der Waals surface area (Å²) in [6, 6.07) is 16.4. The molecule has 254 valence electrons. The summed E-state index contributed by atoms with van der Waals surface area (Å²) in [5, 5.41) is 13.4. The minimum atomic E-state index is -1.15. The average Bonchev–Trinajstić information content (AvgIpc) is 3.61. The molecule has 1 aliphatic carbocycles. The predicted molar refractivity (Wildman–Crippen MR) is 171 cm³/mol. The van der Waals surface area contributed by atoms with E-state index in [0.29, 0.717) is 17.0 Å². The van der Waals surface area contributed by atoms with E-state index >= 15 is 0 Å². The van der Waals surface area contributed by atoms with Gasteiger partial charge >= 0.3 is 12.1 Å². The predicted octanol–water partition coefficient (Wildman–Crippen LogP) is 3.50. The molecule has 48 heavy (non-hydrogen) atoms. The zero-order chi connectivity index (χ0) is 33.9. The van der Waals surface area contributed by atoms with E-state index in [2.05, 4.69) is 15.3 Å². The Labute approximate surface area is 277 Å². The number of carbonyl (C=O) groups excluding carboxylic acids is 3. The monoisotopic (exact) mass is 661 g/mol. The Morgan fingerprint density at radius 2 is 1.67 bits per heavy atom. The molecule has 0 spiro atoms. The second-order valence-corrected chi connectivity index (χ2v) is 11.4. The summed E-state index contributed by atoms with van der Waals surface area (Å²) >= 11 is 0. The van der Waals surface area contributed by atoms with Crippen LogP contribution in [-0.4, -0.2) is 101 Å². The highest BCUT2D eigenvalue weighted by atomic mass is 16.8. The SMILES string of the molecule is CCOC(=O)ON1CCN(C(=O)C(Cc2ccccc2OCC(=O)O)NC(=O)c2cc(OC3CCCC3)nc(-c3ccccc3)n2)CC1. The maximum Gasteiger partial charge on any atom is 0.527 e. The summed E-state index contributed by atoms with van der Waals surface area (Å²) in [5.41, 5.74) is 1.25. The summed E-state index contributed by atoms with van der Waals surface area (Å²) in [6.07, 6.45) is 3.06. The van der Waals surface area contributed by atoms with Crippen LogP contribution < -0.4 is 14.8 Å². The number of carboxylic acid groups (broad SMARTS) is 1. The van der Waals surface area contributed by atoms with Crippen molar-refractivity contribution in [3.05, 3.63) is 71.9 Å². The van der Waals surface area contributed by atoms with Crippen molar-refractivity contribution in [2.24, 2.45) is 0 Å². The molecule has 1 atom stereocenters. The fourth-order valence-corrected chi connectivity index (χ4v) is 5.57. The zero-order valence-electron chi connectivity index (χ0n) is 26.7. The minimum Gasteiger partial charge on any atom is -0.482 e. The lowest BCUT2D eigenvalue weighted by Crippen LogP contribution is -2.55. The summed E-state index contributed by atoms with van der Waals surface area (Å²) in [5.74, 6) is -1.29. The molecule has 2 heterocycles. The normalized spacial score (nSPS) is 15.7. The highest BCUT2D eigenvalue weighted by Gasteiger charge is 2.32. The highest BCUT2D eigenvalue weighted by Crippen LogP contribution is 2.26. The molecule has 1 saturated carbocycles. The first-order chi connectivity index (χ1) is 23.3. The molecule has 2 aromatic carbocycles. The number of hydrogen-bond acceptors (Lipinski definition) is 11. The summed E-state index contributed by atoms with van der Waals surface area (Å²) < 4.78 is 16.5. The fraction of sp³-hybridized carbons (Fsp3) is 0.412. The fourth-order valence-electron chi connectivity index (χ4n) is 5.57. The molecule has 3 aromatic rings. The van der Waals surface area contributed by atoms with Crippen molar-refractivity contribution in [3.8, 4) is 23.0 Å². The van der Waals surface area contributed by atoms with Crippen molar-refractivity contribution in [2.45, 2.75) is 51.2 Å². The molecule has 14 heteroatoms. The number of carboxylic acids is 1. The van der Waals surface area contributed by atoms with Gasteiger partial charge in [0.05, 0.1) is 19.7 Å². The number of hydroxylamine groups is 2. The molecule has 2 fully saturated rings. The third-order valence-electron chi connectivity index (χ3n) is 7.92. The molecule has 5 rings (SSSR count). The van der Waals surface area contributed by atoms with Crippen LogP contribution in [0.1, 0.15) is 48.7 Å². The van der Waals surface area contributed by atoms with Gasteiger partial charge in [0.15, 0.2) is 12.4 Å². The number of rotatable bonds is 13. The van der Waals surface area contributed by atoms with Gasteiger partial charge in [-0.2, -0.15) is 4.98 Å². The van der Waals surface area contributed by atoms with E-state index in [9.17, 15) is 19.2 Å². The van der Waals surface area contributed by atoms with Crippen molar-refractivity contribution >= 4 is 23.9 Å². The van der Waals surface area contributed by atoms with Gasteiger partial charge in [-0.05, 0) is 44.2 Å². The Hall–Kier alpha value is -5.24. The van der Waals surface area contributed by atoms with E-state index in [1.807, 2.05) is 30.3 Å². The van der Waals surface area contributed by atoms with Gasteiger partial charge < -0.3 is 34.4 Å². The van der Waals surface area contributed by atoms with Crippen molar-refractivity contribution < 1.29 is 43.3 Å². The highest BCUT2D eigenvalue weighted by molar-refractivity contribution is 5.96. The summed E-state index contributed by atoms with van der Waals surface area (Å²) in [4.78, 5) is 66.8. The van der Waals surface area contributed by atoms with Crippen LogP contribution >= 0.6 is 0 Å². The molecular formula is C34H39N5O9. The molecule has 2 N–H and O–H groups in total. The molecule has 2 aliphatic rings. The quantitative estimate of drug-likeness (QED) is 0.256.